The van der Waals surface area contributed by atoms with E-state index in [1.165, 1.54) is 12.3 Å². The fourth-order valence-electron chi connectivity index (χ4n) is 2.07. The summed E-state index contributed by atoms with van der Waals surface area (Å²) in [6.45, 7) is 2.69. The lowest BCUT2D eigenvalue weighted by Crippen LogP contribution is -2.30. The number of pyridine rings is 1. The molecule has 0 spiro atoms. The Labute approximate surface area is 133 Å². The van der Waals surface area contributed by atoms with Crippen molar-refractivity contribution in [2.45, 2.75) is 13.3 Å². The van der Waals surface area contributed by atoms with E-state index in [1.54, 1.807) is 6.92 Å². The number of benzene rings is 1. The van der Waals surface area contributed by atoms with Crippen molar-refractivity contribution in [2.24, 2.45) is 0 Å². The molecule has 2 N–H and O–H groups in total. The molecule has 0 radical (unpaired) electrons. The lowest BCUT2D eigenvalue weighted by molar-refractivity contribution is -0.385. The van der Waals surface area contributed by atoms with Crippen molar-refractivity contribution in [1.82, 2.24) is 10.3 Å². The van der Waals surface area contributed by atoms with Gasteiger partial charge in [0.15, 0.2) is 0 Å². The maximum Gasteiger partial charge on any atom is 0.287 e. The lowest BCUT2D eigenvalue weighted by Gasteiger charge is -2.09. The van der Waals surface area contributed by atoms with Crippen LogP contribution in [0.4, 0.5) is 11.5 Å². The number of aromatic nitrogens is 1. The highest BCUT2D eigenvalue weighted by Crippen LogP contribution is 2.17. The summed E-state index contributed by atoms with van der Waals surface area (Å²) in [5.74, 6) is 0.527. The third-order valence-electron chi connectivity index (χ3n) is 3.22. The van der Waals surface area contributed by atoms with Crippen molar-refractivity contribution in [3.63, 3.8) is 0 Å². The van der Waals surface area contributed by atoms with E-state index in [9.17, 15) is 14.9 Å². The molecule has 0 saturated carbocycles. The van der Waals surface area contributed by atoms with Crippen LogP contribution >= 0.6 is 0 Å². The number of hydrogen-bond donors (Lipinski definition) is 2. The smallest absolute Gasteiger partial charge is 0.287 e. The van der Waals surface area contributed by atoms with Crippen LogP contribution in [0, 0.1) is 17.0 Å². The summed E-state index contributed by atoms with van der Waals surface area (Å²) in [6, 6.07) is 11.0. The third kappa shape index (κ3) is 5.06. The molecule has 23 heavy (non-hydrogen) atoms. The molecule has 0 aliphatic heterocycles. The number of rotatable bonds is 7. The summed E-state index contributed by atoms with van der Waals surface area (Å²) >= 11 is 0. The number of carbonyl (C=O) groups is 1. The van der Waals surface area contributed by atoms with Gasteiger partial charge < -0.3 is 10.6 Å². The summed E-state index contributed by atoms with van der Waals surface area (Å²) in [4.78, 5) is 26.0. The van der Waals surface area contributed by atoms with Crippen molar-refractivity contribution < 1.29 is 9.72 Å². The summed E-state index contributed by atoms with van der Waals surface area (Å²) in [5, 5.41) is 16.5. The molecule has 0 fully saturated rings. The molecule has 0 bridgehead atoms. The largest absolute Gasteiger partial charge is 0.368 e. The van der Waals surface area contributed by atoms with Crippen LogP contribution in [0.2, 0.25) is 0 Å². The molecule has 2 rings (SSSR count). The minimum absolute atomic E-state index is 0.0378. The van der Waals surface area contributed by atoms with Gasteiger partial charge in [0.1, 0.15) is 12.0 Å². The van der Waals surface area contributed by atoms with Crippen LogP contribution in [0.15, 0.2) is 42.6 Å². The molecule has 1 aromatic carbocycles. The fourth-order valence-corrected chi connectivity index (χ4v) is 2.07. The Morgan fingerprint density at radius 1 is 1.26 bits per heavy atom. The van der Waals surface area contributed by atoms with Gasteiger partial charge in [-0.3, -0.25) is 14.9 Å². The van der Waals surface area contributed by atoms with E-state index in [-0.39, 0.29) is 11.6 Å². The van der Waals surface area contributed by atoms with Crippen LogP contribution in [0.1, 0.15) is 11.1 Å². The number of hydrogen-bond acceptors (Lipinski definition) is 5. The number of amides is 1. The first kappa shape index (κ1) is 16.4. The predicted molar refractivity (Wildman–Crippen MR) is 87.3 cm³/mol. The first-order chi connectivity index (χ1) is 11.1. The second-order valence-corrected chi connectivity index (χ2v) is 5.06. The highest BCUT2D eigenvalue weighted by Gasteiger charge is 2.09. The first-order valence-electron chi connectivity index (χ1n) is 7.22. The van der Waals surface area contributed by atoms with Gasteiger partial charge in [-0.05, 0) is 18.1 Å². The molecule has 7 heteroatoms. The van der Waals surface area contributed by atoms with Crippen LogP contribution in [0.3, 0.4) is 0 Å². The van der Waals surface area contributed by atoms with E-state index in [0.717, 1.165) is 5.56 Å². The Morgan fingerprint density at radius 3 is 2.65 bits per heavy atom. The molecule has 0 saturated heterocycles. The van der Waals surface area contributed by atoms with Crippen molar-refractivity contribution in [1.29, 1.82) is 0 Å². The second-order valence-electron chi connectivity index (χ2n) is 5.06. The van der Waals surface area contributed by atoms with Gasteiger partial charge in [0.25, 0.3) is 5.69 Å². The zero-order valence-electron chi connectivity index (χ0n) is 12.8. The number of anilines is 1. The Morgan fingerprint density at radius 2 is 2.00 bits per heavy atom. The van der Waals surface area contributed by atoms with Gasteiger partial charge in [-0.25, -0.2) is 4.98 Å². The molecular weight excluding hydrogens is 296 g/mol. The lowest BCUT2D eigenvalue weighted by atomic mass is 10.1. The fraction of sp³-hybridized carbons (Fsp3) is 0.250. The topological polar surface area (TPSA) is 97.2 Å². The number of nitro groups is 1. The highest BCUT2D eigenvalue weighted by atomic mass is 16.6. The summed E-state index contributed by atoms with van der Waals surface area (Å²) in [7, 11) is 0. The third-order valence-corrected chi connectivity index (χ3v) is 3.22. The van der Waals surface area contributed by atoms with Gasteiger partial charge in [-0.2, -0.15) is 0 Å². The average Bonchev–Trinajstić information content (AvgIpc) is 2.53. The number of aryl methyl sites for hydroxylation is 1. The molecule has 0 unspecified atom stereocenters. The summed E-state index contributed by atoms with van der Waals surface area (Å²) in [5.41, 5.74) is 1.62. The van der Waals surface area contributed by atoms with E-state index in [0.29, 0.717) is 30.9 Å². The molecule has 120 valence electrons. The van der Waals surface area contributed by atoms with Crippen molar-refractivity contribution in [3.8, 4) is 0 Å². The van der Waals surface area contributed by atoms with E-state index in [4.69, 9.17) is 0 Å². The number of carbonyl (C=O) groups excluding carboxylic acids is 1. The van der Waals surface area contributed by atoms with Crippen LogP contribution in [0.25, 0.3) is 0 Å². The van der Waals surface area contributed by atoms with Crippen LogP contribution in [0.5, 0.6) is 0 Å². The molecule has 1 heterocycles. The van der Waals surface area contributed by atoms with Crippen LogP contribution in [-0.4, -0.2) is 28.9 Å². The standard InChI is InChI=1S/C16H18N4O3/c1-12-9-14(20(22)23)11-19-16(12)18-8-7-17-15(21)10-13-5-3-2-4-6-13/h2-6,9,11H,7-8,10H2,1H3,(H,17,21)(H,18,19). The monoisotopic (exact) mass is 314 g/mol. The minimum atomic E-state index is -0.479. The maximum atomic E-state index is 11.8. The molecule has 1 amide bonds. The molecule has 7 nitrogen and oxygen atoms in total. The normalized spacial score (nSPS) is 10.1. The SMILES string of the molecule is Cc1cc([N+](=O)[O-])cnc1NCCNC(=O)Cc1ccccc1. The second kappa shape index (κ2) is 7.88. The first-order valence-corrected chi connectivity index (χ1v) is 7.22. The zero-order chi connectivity index (χ0) is 16.7. The molecule has 0 aliphatic rings. The summed E-state index contributed by atoms with van der Waals surface area (Å²) < 4.78 is 0. The van der Waals surface area contributed by atoms with E-state index < -0.39 is 4.92 Å². The maximum absolute atomic E-state index is 11.8. The van der Waals surface area contributed by atoms with E-state index >= 15 is 0 Å². The van der Waals surface area contributed by atoms with E-state index in [2.05, 4.69) is 15.6 Å². The molecule has 0 aliphatic carbocycles. The van der Waals surface area contributed by atoms with Gasteiger partial charge >= 0.3 is 0 Å². The minimum Gasteiger partial charge on any atom is -0.368 e. The molecule has 0 atom stereocenters. The van der Waals surface area contributed by atoms with Gasteiger partial charge in [-0.15, -0.1) is 0 Å². The Balaban J connectivity index is 1.75. The van der Waals surface area contributed by atoms with Gasteiger partial charge in [0, 0.05) is 19.2 Å². The Hall–Kier alpha value is -2.96. The highest BCUT2D eigenvalue weighted by molar-refractivity contribution is 5.78. The van der Waals surface area contributed by atoms with E-state index in [1.807, 2.05) is 30.3 Å². The zero-order valence-corrected chi connectivity index (χ0v) is 12.8. The molecule has 1 aromatic heterocycles. The number of nitrogens with one attached hydrogen (secondary N) is 2. The summed E-state index contributed by atoms with van der Waals surface area (Å²) in [6.07, 6.45) is 1.55. The predicted octanol–water partition coefficient (Wildman–Crippen LogP) is 2.07. The van der Waals surface area contributed by atoms with Crippen molar-refractivity contribution >= 4 is 17.4 Å². The number of nitrogens with zero attached hydrogens (tertiary/aromatic N) is 2. The van der Waals surface area contributed by atoms with Crippen LogP contribution in [-0.2, 0) is 11.2 Å². The molecule has 2 aromatic rings. The van der Waals surface area contributed by atoms with Crippen molar-refractivity contribution in [3.05, 3.63) is 63.8 Å². The average molecular weight is 314 g/mol. The van der Waals surface area contributed by atoms with Crippen molar-refractivity contribution in [2.75, 3.05) is 18.4 Å². The Bertz CT molecular complexity index is 689. The quantitative estimate of drug-likeness (QED) is 0.463. The van der Waals surface area contributed by atoms with Crippen LogP contribution < -0.4 is 10.6 Å². The van der Waals surface area contributed by atoms with Gasteiger partial charge in [-0.1, -0.05) is 30.3 Å². The van der Waals surface area contributed by atoms with Gasteiger partial charge in [0.2, 0.25) is 5.91 Å². The molecular formula is C16H18N4O3. The van der Waals surface area contributed by atoms with Gasteiger partial charge in [0.05, 0.1) is 11.3 Å². The Kier molecular flexibility index (Phi) is 5.62.